The van der Waals surface area contributed by atoms with Gasteiger partial charge in [0.15, 0.2) is 0 Å². The highest BCUT2D eigenvalue weighted by Crippen LogP contribution is 2.46. The summed E-state index contributed by atoms with van der Waals surface area (Å²) in [6, 6.07) is 12.0. The Balaban J connectivity index is 2.03. The van der Waals surface area contributed by atoms with Crippen LogP contribution in [0.15, 0.2) is 36.4 Å². The molecule has 2 aromatic rings. The highest BCUT2D eigenvalue weighted by Gasteiger charge is 2.45. The van der Waals surface area contributed by atoms with Gasteiger partial charge in [0.1, 0.15) is 0 Å². The zero-order valence-electron chi connectivity index (χ0n) is 15.1. The van der Waals surface area contributed by atoms with Crippen molar-refractivity contribution in [3.63, 3.8) is 0 Å². The maximum Gasteiger partial charge on any atom is 0.268 e. The van der Waals surface area contributed by atoms with Gasteiger partial charge in [0.25, 0.3) is 10.1 Å². The largest absolute Gasteiger partial charge is 0.398 e. The molecule has 5 heteroatoms. The van der Waals surface area contributed by atoms with Gasteiger partial charge < -0.3 is 5.73 Å². The van der Waals surface area contributed by atoms with Crippen LogP contribution < -0.4 is 5.73 Å². The van der Waals surface area contributed by atoms with E-state index in [1.54, 1.807) is 0 Å². The van der Waals surface area contributed by atoms with Crippen LogP contribution in [0, 0.1) is 11.8 Å². The van der Waals surface area contributed by atoms with E-state index in [1.807, 2.05) is 38.1 Å². The van der Waals surface area contributed by atoms with E-state index in [2.05, 4.69) is 19.1 Å². The molecule has 1 aliphatic rings. The van der Waals surface area contributed by atoms with Gasteiger partial charge in [0, 0.05) is 11.1 Å². The average molecular weight is 362 g/mol. The number of anilines is 1. The Morgan fingerprint density at radius 2 is 1.96 bits per heavy atom. The molecule has 4 nitrogen and oxygen atoms in total. The number of nitrogens with two attached hydrogens (primary N) is 1. The van der Waals surface area contributed by atoms with Gasteiger partial charge in [-0.15, -0.1) is 0 Å². The average Bonchev–Trinajstić information content (AvgIpc) is 2.54. The first kappa shape index (κ1) is 18.2. The molecule has 0 heterocycles. The van der Waals surface area contributed by atoms with Crippen molar-refractivity contribution in [3.05, 3.63) is 42.0 Å². The third-order valence-electron chi connectivity index (χ3n) is 6.01. The van der Waals surface area contributed by atoms with Crippen LogP contribution in [0.25, 0.3) is 10.8 Å². The summed E-state index contributed by atoms with van der Waals surface area (Å²) in [7, 11) is -4.07. The minimum atomic E-state index is -4.07. The topological polar surface area (TPSA) is 80.4 Å². The monoisotopic (exact) mass is 361 g/mol. The highest BCUT2D eigenvalue weighted by atomic mass is 32.2. The Kier molecular flexibility index (Phi) is 4.58. The van der Waals surface area contributed by atoms with Gasteiger partial charge in [-0.05, 0) is 59.6 Å². The Bertz CT molecular complexity index is 891. The second kappa shape index (κ2) is 6.29. The molecule has 136 valence electrons. The number of benzene rings is 2. The Labute approximate surface area is 150 Å². The number of hydrogen-bond donors (Lipinski definition) is 2. The van der Waals surface area contributed by atoms with Crippen LogP contribution >= 0.6 is 0 Å². The highest BCUT2D eigenvalue weighted by molar-refractivity contribution is 7.86. The molecule has 0 amide bonds. The van der Waals surface area contributed by atoms with Crippen molar-refractivity contribution in [1.82, 2.24) is 0 Å². The Morgan fingerprint density at radius 1 is 1.24 bits per heavy atom. The molecule has 1 fully saturated rings. The van der Waals surface area contributed by atoms with E-state index in [1.165, 1.54) is 0 Å². The molecule has 1 saturated carbocycles. The van der Waals surface area contributed by atoms with E-state index in [4.69, 9.17) is 5.73 Å². The van der Waals surface area contributed by atoms with Crippen molar-refractivity contribution >= 4 is 26.6 Å². The smallest absolute Gasteiger partial charge is 0.268 e. The molecule has 3 N–H and O–H groups in total. The number of rotatable bonds is 3. The molecule has 2 aromatic carbocycles. The van der Waals surface area contributed by atoms with E-state index in [9.17, 15) is 13.0 Å². The molecule has 0 radical (unpaired) electrons. The first-order valence-corrected chi connectivity index (χ1v) is 10.4. The fourth-order valence-corrected chi connectivity index (χ4v) is 5.86. The number of hydrogen-bond acceptors (Lipinski definition) is 3. The molecule has 3 unspecified atom stereocenters. The summed E-state index contributed by atoms with van der Waals surface area (Å²) in [5.41, 5.74) is 7.65. The predicted octanol–water partition coefficient (Wildman–Crippen LogP) is 4.39. The van der Waals surface area contributed by atoms with Crippen molar-refractivity contribution in [1.29, 1.82) is 0 Å². The molecular weight excluding hydrogens is 334 g/mol. The third-order valence-corrected chi connectivity index (χ3v) is 7.29. The van der Waals surface area contributed by atoms with Gasteiger partial charge in [-0.25, -0.2) is 0 Å². The van der Waals surface area contributed by atoms with Crippen LogP contribution in [0.5, 0.6) is 0 Å². The maximum absolute atomic E-state index is 12.0. The summed E-state index contributed by atoms with van der Waals surface area (Å²) in [4.78, 5) is 0. The van der Waals surface area contributed by atoms with Gasteiger partial charge in [0.2, 0.25) is 0 Å². The molecule has 3 rings (SSSR count). The zero-order chi connectivity index (χ0) is 18.4. The molecule has 0 bridgehead atoms. The summed E-state index contributed by atoms with van der Waals surface area (Å²) >= 11 is 0. The Hall–Kier alpha value is -1.59. The SMILES string of the molecule is CC(C)C1CCC(C)(c2ccc3cccc(N)c3c2)CC1S(=O)(=O)O. The van der Waals surface area contributed by atoms with Crippen LogP contribution in [0.1, 0.15) is 45.6 Å². The summed E-state index contributed by atoms with van der Waals surface area (Å²) in [6.45, 7) is 6.16. The molecule has 0 spiro atoms. The van der Waals surface area contributed by atoms with E-state index >= 15 is 0 Å². The minimum absolute atomic E-state index is 0.00593. The summed E-state index contributed by atoms with van der Waals surface area (Å²) in [5, 5.41) is 1.36. The lowest BCUT2D eigenvalue weighted by Gasteiger charge is -2.43. The molecule has 0 saturated heterocycles. The van der Waals surface area contributed by atoms with Crippen LogP contribution in [0.2, 0.25) is 0 Å². The fourth-order valence-electron chi connectivity index (χ4n) is 4.39. The molecule has 3 atom stereocenters. The number of fused-ring (bicyclic) bond motifs is 1. The molecule has 1 aliphatic carbocycles. The van der Waals surface area contributed by atoms with Crippen molar-refractivity contribution in [2.45, 2.75) is 50.7 Å². The fraction of sp³-hybridized carbons (Fsp3) is 0.500. The van der Waals surface area contributed by atoms with Crippen LogP contribution in [0.3, 0.4) is 0 Å². The quantitative estimate of drug-likeness (QED) is 0.627. The van der Waals surface area contributed by atoms with Crippen LogP contribution in [0.4, 0.5) is 5.69 Å². The summed E-state index contributed by atoms with van der Waals surface area (Å²) < 4.78 is 33.9. The first-order chi connectivity index (χ1) is 11.6. The zero-order valence-corrected chi connectivity index (χ0v) is 15.9. The number of nitrogen functional groups attached to an aromatic ring is 1. The van der Waals surface area contributed by atoms with Crippen LogP contribution in [-0.4, -0.2) is 18.2 Å². The lowest BCUT2D eigenvalue weighted by atomic mass is 9.65. The predicted molar refractivity (Wildman–Crippen MR) is 103 cm³/mol. The van der Waals surface area contributed by atoms with Crippen molar-refractivity contribution in [2.24, 2.45) is 11.8 Å². The lowest BCUT2D eigenvalue weighted by molar-refractivity contribution is 0.201. The van der Waals surface area contributed by atoms with Gasteiger partial charge >= 0.3 is 0 Å². The second-order valence-corrected chi connectivity index (χ2v) is 9.68. The van der Waals surface area contributed by atoms with Gasteiger partial charge in [-0.2, -0.15) is 8.42 Å². The van der Waals surface area contributed by atoms with Gasteiger partial charge in [0.05, 0.1) is 5.25 Å². The van der Waals surface area contributed by atoms with Gasteiger partial charge in [-0.3, -0.25) is 4.55 Å². The third kappa shape index (κ3) is 3.40. The van der Waals surface area contributed by atoms with E-state index in [0.717, 1.165) is 34.9 Å². The van der Waals surface area contributed by atoms with Gasteiger partial charge in [-0.1, -0.05) is 45.0 Å². The van der Waals surface area contributed by atoms with E-state index in [-0.39, 0.29) is 17.3 Å². The normalized spacial score (nSPS) is 27.7. The maximum atomic E-state index is 12.0. The van der Waals surface area contributed by atoms with Crippen molar-refractivity contribution < 1.29 is 13.0 Å². The molecule has 0 aromatic heterocycles. The Morgan fingerprint density at radius 3 is 2.60 bits per heavy atom. The standard InChI is InChI=1S/C20H27NO3S/c1-13(2)16-9-10-20(3,12-19(16)25(22,23)24)15-8-7-14-5-4-6-18(21)17(14)11-15/h4-8,11,13,16,19H,9-10,12,21H2,1-3H3,(H,22,23,24). The van der Waals surface area contributed by atoms with E-state index in [0.29, 0.717) is 6.42 Å². The summed E-state index contributed by atoms with van der Waals surface area (Å²) in [6.07, 6.45) is 2.13. The second-order valence-electron chi connectivity index (χ2n) is 8.05. The summed E-state index contributed by atoms with van der Waals surface area (Å²) in [5.74, 6) is 0.220. The van der Waals surface area contributed by atoms with Crippen LogP contribution in [-0.2, 0) is 15.5 Å². The first-order valence-electron chi connectivity index (χ1n) is 8.87. The van der Waals surface area contributed by atoms with Crippen molar-refractivity contribution in [2.75, 3.05) is 5.73 Å². The van der Waals surface area contributed by atoms with E-state index < -0.39 is 15.4 Å². The molecule has 25 heavy (non-hydrogen) atoms. The van der Waals surface area contributed by atoms with Crippen molar-refractivity contribution in [3.8, 4) is 0 Å². The molecule has 0 aliphatic heterocycles. The molecular formula is C20H27NO3S. The minimum Gasteiger partial charge on any atom is -0.398 e. The lowest BCUT2D eigenvalue weighted by Crippen LogP contribution is -2.44.